The maximum atomic E-state index is 14.6. The number of carboxylic acids is 1. The molecule has 13 heteroatoms. The highest BCUT2D eigenvalue weighted by atomic mass is 16.5. The Labute approximate surface area is 367 Å². The number of hydrogen-bond donors (Lipinski definition) is 2. The van der Waals surface area contributed by atoms with E-state index in [0.29, 0.717) is 32.2 Å². The fraction of sp³-hybridized carbons (Fsp3) is 0.750. The van der Waals surface area contributed by atoms with Gasteiger partial charge in [-0.3, -0.25) is 24.0 Å². The van der Waals surface area contributed by atoms with Gasteiger partial charge in [0.1, 0.15) is 6.04 Å². The van der Waals surface area contributed by atoms with Gasteiger partial charge in [-0.25, -0.2) is 4.79 Å². The first-order chi connectivity index (χ1) is 28.7. The topological polar surface area (TPSA) is 163 Å². The van der Waals surface area contributed by atoms with Crippen LogP contribution in [0, 0.1) is 41.4 Å². The summed E-state index contributed by atoms with van der Waals surface area (Å²) in [4.78, 5) is 87.6. The summed E-state index contributed by atoms with van der Waals surface area (Å²) in [6.07, 6.45) is 2.21. The Balaban J connectivity index is 2.32. The van der Waals surface area contributed by atoms with Crippen LogP contribution in [-0.2, 0) is 44.7 Å². The van der Waals surface area contributed by atoms with Crippen molar-refractivity contribution in [3.63, 3.8) is 0 Å². The average molecular weight is 857 g/mol. The number of carboxylic acid groups (broad SMARTS) is 1. The van der Waals surface area contributed by atoms with Crippen LogP contribution in [0.4, 0.5) is 0 Å². The van der Waals surface area contributed by atoms with E-state index in [0.717, 1.165) is 12.0 Å². The molecule has 1 saturated heterocycles. The first-order valence-corrected chi connectivity index (χ1v) is 22.7. The van der Waals surface area contributed by atoms with Gasteiger partial charge in [0.25, 0.3) is 0 Å². The number of ketones is 1. The van der Waals surface area contributed by atoms with Gasteiger partial charge in [0.15, 0.2) is 5.78 Å². The fourth-order valence-corrected chi connectivity index (χ4v) is 9.40. The number of carbonyl (C=O) groups is 6. The van der Waals surface area contributed by atoms with Crippen LogP contribution in [0.15, 0.2) is 30.3 Å². The Morgan fingerprint density at radius 2 is 1.38 bits per heavy atom. The van der Waals surface area contributed by atoms with E-state index >= 15 is 0 Å². The highest BCUT2D eigenvalue weighted by molar-refractivity contribution is 5.93. The highest BCUT2D eigenvalue weighted by Crippen LogP contribution is 2.32. The van der Waals surface area contributed by atoms with Crippen molar-refractivity contribution in [2.45, 2.75) is 157 Å². The molecule has 11 atom stereocenters. The molecule has 1 aliphatic heterocycles. The number of amides is 4. The van der Waals surface area contributed by atoms with E-state index in [1.165, 1.54) is 14.2 Å². The van der Waals surface area contributed by atoms with Crippen LogP contribution in [0.25, 0.3) is 0 Å². The predicted octanol–water partition coefficient (Wildman–Crippen LogP) is 6.51. The predicted molar refractivity (Wildman–Crippen MR) is 238 cm³/mol. The SMILES string of the molecule is CC[C@H](C(=O)N(C)[C@H](C(=O)C[C@H](C(=O)N(C)[C@@H]([C@@H](C)CC)[C@@H](CC(=O)N1CCC[C@H]1[C@H](OC)[C@@H](C)C(=O)N[C@@H](Cc1ccccc1)C(=O)O)OC)C(C)C)C(C)C)[C@@H](C)CC. The molecule has 346 valence electrons. The Morgan fingerprint density at radius 1 is 0.787 bits per heavy atom. The molecule has 2 rings (SSSR count). The minimum absolute atomic E-state index is 0.0235. The summed E-state index contributed by atoms with van der Waals surface area (Å²) in [7, 11) is 6.48. The normalized spacial score (nSPS) is 19.2. The van der Waals surface area contributed by atoms with Gasteiger partial charge in [0, 0.05) is 59.5 Å². The van der Waals surface area contributed by atoms with E-state index in [-0.39, 0.29) is 72.4 Å². The quantitative estimate of drug-likeness (QED) is 0.106. The number of hydrogen-bond acceptors (Lipinski definition) is 8. The first-order valence-electron chi connectivity index (χ1n) is 22.7. The number of rotatable bonds is 26. The molecule has 1 aliphatic rings. The summed E-state index contributed by atoms with van der Waals surface area (Å²) >= 11 is 0. The minimum atomic E-state index is -1.14. The molecule has 1 aromatic rings. The van der Waals surface area contributed by atoms with Crippen LogP contribution in [-0.4, -0.2) is 126 Å². The number of aliphatic carboxylic acids is 1. The zero-order valence-corrected chi connectivity index (χ0v) is 39.8. The lowest BCUT2D eigenvalue weighted by atomic mass is 9.82. The molecule has 0 aromatic heterocycles. The van der Waals surface area contributed by atoms with Gasteiger partial charge in [0.05, 0.1) is 42.7 Å². The van der Waals surface area contributed by atoms with Crippen LogP contribution in [0.5, 0.6) is 0 Å². The maximum Gasteiger partial charge on any atom is 0.326 e. The van der Waals surface area contributed by atoms with Crippen LogP contribution in [0.3, 0.4) is 0 Å². The monoisotopic (exact) mass is 857 g/mol. The highest BCUT2D eigenvalue weighted by Gasteiger charge is 2.44. The van der Waals surface area contributed by atoms with Gasteiger partial charge in [-0.1, -0.05) is 112 Å². The zero-order chi connectivity index (χ0) is 46.3. The second-order valence-electron chi connectivity index (χ2n) is 18.2. The molecule has 0 radical (unpaired) electrons. The van der Waals surface area contributed by atoms with Gasteiger partial charge < -0.3 is 34.6 Å². The van der Waals surface area contributed by atoms with Gasteiger partial charge in [-0.05, 0) is 48.5 Å². The number of likely N-dealkylation sites (N-methyl/N-ethyl adjacent to an activating group) is 2. The number of nitrogens with zero attached hydrogens (tertiary/aromatic N) is 3. The summed E-state index contributed by atoms with van der Waals surface area (Å²) in [6.45, 7) is 20.1. The van der Waals surface area contributed by atoms with Crippen LogP contribution >= 0.6 is 0 Å². The number of methoxy groups -OCH3 is 2. The van der Waals surface area contributed by atoms with Crippen molar-refractivity contribution >= 4 is 35.4 Å². The molecule has 0 aliphatic carbocycles. The van der Waals surface area contributed by atoms with E-state index in [2.05, 4.69) is 19.2 Å². The fourth-order valence-electron chi connectivity index (χ4n) is 9.40. The Morgan fingerprint density at radius 3 is 1.87 bits per heavy atom. The molecule has 1 fully saturated rings. The average Bonchev–Trinajstić information content (AvgIpc) is 3.71. The van der Waals surface area contributed by atoms with Crippen LogP contribution < -0.4 is 5.32 Å². The van der Waals surface area contributed by atoms with Crippen molar-refractivity contribution in [2.24, 2.45) is 41.4 Å². The number of nitrogens with one attached hydrogen (secondary N) is 1. The lowest BCUT2D eigenvalue weighted by Gasteiger charge is -2.41. The smallest absolute Gasteiger partial charge is 0.326 e. The Hall–Kier alpha value is -3.84. The third-order valence-corrected chi connectivity index (χ3v) is 13.5. The lowest BCUT2D eigenvalue weighted by Crippen LogP contribution is -2.55. The van der Waals surface area contributed by atoms with E-state index in [4.69, 9.17) is 9.47 Å². The van der Waals surface area contributed by atoms with Crippen molar-refractivity contribution in [1.82, 2.24) is 20.0 Å². The summed E-state index contributed by atoms with van der Waals surface area (Å²) in [5.74, 6) is -4.08. The molecule has 4 amide bonds. The Bertz CT molecular complexity index is 1570. The second-order valence-corrected chi connectivity index (χ2v) is 18.2. The number of likely N-dealkylation sites (tertiary alicyclic amines) is 1. The molecule has 61 heavy (non-hydrogen) atoms. The molecular formula is C48H80N4O9. The third kappa shape index (κ3) is 14.1. The van der Waals surface area contributed by atoms with E-state index in [1.807, 2.05) is 78.8 Å². The molecule has 1 aromatic carbocycles. The lowest BCUT2D eigenvalue weighted by molar-refractivity contribution is -0.150. The summed E-state index contributed by atoms with van der Waals surface area (Å²) in [5, 5.41) is 12.6. The van der Waals surface area contributed by atoms with E-state index in [1.54, 1.807) is 35.7 Å². The van der Waals surface area contributed by atoms with Crippen molar-refractivity contribution in [1.29, 1.82) is 0 Å². The van der Waals surface area contributed by atoms with Crippen molar-refractivity contribution in [3.05, 3.63) is 35.9 Å². The van der Waals surface area contributed by atoms with Crippen LogP contribution in [0.1, 0.15) is 120 Å². The van der Waals surface area contributed by atoms with Gasteiger partial charge in [-0.2, -0.15) is 0 Å². The standard InChI is InChI=1S/C48H80N4O9/c1-15-31(8)35(17-3)46(56)50(11)42(30(6)7)39(53)27-36(29(4)5)47(57)51(12)43(32(9)16-2)40(60-13)28-41(54)52-25-21-24-38(52)44(61-14)33(10)45(55)49-37(48(58)59)26-34-22-19-18-20-23-34/h18-20,22-23,29-33,35-38,40,42-44H,15-17,21,24-28H2,1-14H3,(H,49,55)(H,58,59)/t31-,32-,33+,35-,36-,37-,38-,40+,42-,43-,44+/m0/s1. The largest absolute Gasteiger partial charge is 0.480 e. The molecule has 13 nitrogen and oxygen atoms in total. The summed E-state index contributed by atoms with van der Waals surface area (Å²) in [5.41, 5.74) is 0.779. The maximum absolute atomic E-state index is 14.6. The van der Waals surface area contributed by atoms with Gasteiger partial charge in [0.2, 0.25) is 23.6 Å². The molecule has 0 saturated carbocycles. The molecule has 0 unspecified atom stereocenters. The summed E-state index contributed by atoms with van der Waals surface area (Å²) in [6, 6.07) is 6.33. The van der Waals surface area contributed by atoms with Gasteiger partial charge >= 0.3 is 5.97 Å². The summed E-state index contributed by atoms with van der Waals surface area (Å²) < 4.78 is 12.0. The Kier molecular flexibility index (Phi) is 22.1. The number of ether oxygens (including phenoxy) is 2. The molecular weight excluding hydrogens is 777 g/mol. The zero-order valence-electron chi connectivity index (χ0n) is 39.8. The van der Waals surface area contributed by atoms with Crippen molar-refractivity contribution in [3.8, 4) is 0 Å². The molecule has 2 N–H and O–H groups in total. The first kappa shape index (κ1) is 53.3. The number of benzene rings is 1. The molecule has 0 spiro atoms. The van der Waals surface area contributed by atoms with E-state index in [9.17, 15) is 33.9 Å². The minimum Gasteiger partial charge on any atom is -0.480 e. The molecule has 0 bridgehead atoms. The van der Waals surface area contributed by atoms with Crippen molar-refractivity contribution in [2.75, 3.05) is 34.9 Å². The molecule has 1 heterocycles. The van der Waals surface area contributed by atoms with Crippen molar-refractivity contribution < 1.29 is 43.3 Å². The van der Waals surface area contributed by atoms with Crippen LogP contribution in [0.2, 0.25) is 0 Å². The second kappa shape index (κ2) is 25.3. The third-order valence-electron chi connectivity index (χ3n) is 13.5. The number of Topliss-reactive ketones (excluding diaryl/α,β-unsaturated/α-hetero) is 1. The number of carbonyl (C=O) groups excluding carboxylic acids is 5. The van der Waals surface area contributed by atoms with E-state index < -0.39 is 60.1 Å². The van der Waals surface area contributed by atoms with Gasteiger partial charge in [-0.15, -0.1) is 0 Å².